The summed E-state index contributed by atoms with van der Waals surface area (Å²) in [6, 6.07) is 3.96. The second-order valence-electron chi connectivity index (χ2n) is 3.21. The van der Waals surface area contributed by atoms with Crippen molar-refractivity contribution in [1.82, 2.24) is 15.3 Å². The van der Waals surface area contributed by atoms with Gasteiger partial charge in [-0.25, -0.2) is 9.97 Å². The van der Waals surface area contributed by atoms with Crippen molar-refractivity contribution in [3.05, 3.63) is 18.0 Å². The molecule has 1 saturated heterocycles. The molecule has 2 rings (SSSR count). The summed E-state index contributed by atoms with van der Waals surface area (Å²) in [5.41, 5.74) is 0.397. The number of anilines is 1. The van der Waals surface area contributed by atoms with Gasteiger partial charge >= 0.3 is 0 Å². The predicted octanol–water partition coefficient (Wildman–Crippen LogP) is 0.122. The maximum Gasteiger partial charge on any atom is 0.224 e. The van der Waals surface area contributed by atoms with Crippen LogP contribution in [0.3, 0.4) is 0 Å². The Morgan fingerprint density at radius 1 is 1.64 bits per heavy atom. The van der Waals surface area contributed by atoms with E-state index < -0.39 is 0 Å². The minimum absolute atomic E-state index is 0.379. The molecule has 1 unspecified atom stereocenters. The van der Waals surface area contributed by atoms with Gasteiger partial charge < -0.3 is 10.6 Å². The topological polar surface area (TPSA) is 73.6 Å². The average molecular weight is 189 g/mol. The fraction of sp³-hybridized carbons (Fsp3) is 0.444. The zero-order valence-electron chi connectivity index (χ0n) is 7.70. The molecule has 0 radical (unpaired) electrons. The quantitative estimate of drug-likeness (QED) is 0.691. The Balaban J connectivity index is 2.05. The third-order valence-corrected chi connectivity index (χ3v) is 2.16. The Labute approximate surface area is 82.2 Å². The first-order chi connectivity index (χ1) is 6.88. The summed E-state index contributed by atoms with van der Waals surface area (Å²) in [6.07, 6.45) is 2.66. The third kappa shape index (κ3) is 1.98. The number of nitrogens with one attached hydrogen (secondary N) is 2. The van der Waals surface area contributed by atoms with E-state index in [-0.39, 0.29) is 0 Å². The number of hydrogen-bond acceptors (Lipinski definition) is 5. The second-order valence-corrected chi connectivity index (χ2v) is 3.21. The molecule has 0 aromatic carbocycles. The highest BCUT2D eigenvalue weighted by atomic mass is 15.1. The van der Waals surface area contributed by atoms with Crippen molar-refractivity contribution in [1.29, 1.82) is 5.26 Å². The second kappa shape index (κ2) is 4.03. The van der Waals surface area contributed by atoms with E-state index in [0.717, 1.165) is 19.5 Å². The molecule has 0 spiro atoms. The number of nitrogens with zero attached hydrogens (tertiary/aromatic N) is 3. The van der Waals surface area contributed by atoms with Crippen LogP contribution in [0.25, 0.3) is 0 Å². The SMILES string of the molecule is N#Cc1ccnc(NC2CCNC2)n1. The molecule has 1 aliphatic rings. The normalized spacial score (nSPS) is 20.4. The van der Waals surface area contributed by atoms with Gasteiger partial charge in [0.25, 0.3) is 0 Å². The largest absolute Gasteiger partial charge is 0.350 e. The number of nitriles is 1. The van der Waals surface area contributed by atoms with Gasteiger partial charge in [0.2, 0.25) is 5.95 Å². The van der Waals surface area contributed by atoms with Crippen molar-refractivity contribution in [2.45, 2.75) is 12.5 Å². The van der Waals surface area contributed by atoms with Gasteiger partial charge in [-0.1, -0.05) is 0 Å². The van der Waals surface area contributed by atoms with Crippen molar-refractivity contribution in [2.75, 3.05) is 18.4 Å². The van der Waals surface area contributed by atoms with Crippen molar-refractivity contribution in [3.8, 4) is 6.07 Å². The van der Waals surface area contributed by atoms with E-state index in [1.165, 1.54) is 0 Å². The molecule has 72 valence electrons. The van der Waals surface area contributed by atoms with Crippen LogP contribution in [0.1, 0.15) is 12.1 Å². The van der Waals surface area contributed by atoms with Crippen LogP contribution >= 0.6 is 0 Å². The molecule has 0 bridgehead atoms. The van der Waals surface area contributed by atoms with Gasteiger partial charge in [-0.05, 0) is 19.0 Å². The molecule has 1 fully saturated rings. The maximum atomic E-state index is 8.64. The number of aromatic nitrogens is 2. The van der Waals surface area contributed by atoms with E-state index >= 15 is 0 Å². The van der Waals surface area contributed by atoms with Crippen molar-refractivity contribution in [2.24, 2.45) is 0 Å². The molecule has 1 aromatic heterocycles. The summed E-state index contributed by atoms with van der Waals surface area (Å²) < 4.78 is 0. The van der Waals surface area contributed by atoms with Crippen LogP contribution in [0.15, 0.2) is 12.3 Å². The van der Waals surface area contributed by atoms with E-state index in [9.17, 15) is 0 Å². The molecule has 5 nitrogen and oxygen atoms in total. The smallest absolute Gasteiger partial charge is 0.224 e. The van der Waals surface area contributed by atoms with Gasteiger partial charge in [-0.15, -0.1) is 0 Å². The fourth-order valence-electron chi connectivity index (χ4n) is 1.45. The standard InChI is InChI=1S/C9H11N5/c10-5-7-2-4-12-9(13-7)14-8-1-3-11-6-8/h2,4,8,11H,1,3,6H2,(H,12,13,14). The van der Waals surface area contributed by atoms with Gasteiger partial charge in [-0.2, -0.15) is 5.26 Å². The van der Waals surface area contributed by atoms with Crippen LogP contribution in [0.5, 0.6) is 0 Å². The Kier molecular flexibility index (Phi) is 2.56. The minimum Gasteiger partial charge on any atom is -0.350 e. The average Bonchev–Trinajstić information content (AvgIpc) is 2.71. The Bertz CT molecular complexity index is 350. The molecule has 2 N–H and O–H groups in total. The Hall–Kier alpha value is -1.67. The van der Waals surface area contributed by atoms with E-state index in [1.54, 1.807) is 12.3 Å². The van der Waals surface area contributed by atoms with Crippen LogP contribution in [0.2, 0.25) is 0 Å². The lowest BCUT2D eigenvalue weighted by Gasteiger charge is -2.10. The summed E-state index contributed by atoms with van der Waals surface area (Å²) in [5.74, 6) is 0.540. The van der Waals surface area contributed by atoms with Crippen molar-refractivity contribution < 1.29 is 0 Å². The molecule has 14 heavy (non-hydrogen) atoms. The summed E-state index contributed by atoms with van der Waals surface area (Å²) in [7, 11) is 0. The summed E-state index contributed by atoms with van der Waals surface area (Å²) in [4.78, 5) is 8.09. The highest BCUT2D eigenvalue weighted by molar-refractivity contribution is 5.31. The van der Waals surface area contributed by atoms with Gasteiger partial charge in [0.1, 0.15) is 11.8 Å². The monoisotopic (exact) mass is 189 g/mol. The molecule has 1 aliphatic heterocycles. The minimum atomic E-state index is 0.379. The third-order valence-electron chi connectivity index (χ3n) is 2.16. The maximum absolute atomic E-state index is 8.64. The van der Waals surface area contributed by atoms with Crippen molar-refractivity contribution >= 4 is 5.95 Å². The van der Waals surface area contributed by atoms with Crippen LogP contribution in [0.4, 0.5) is 5.95 Å². The molecule has 1 aromatic rings. The lowest BCUT2D eigenvalue weighted by Crippen LogP contribution is -2.23. The molecule has 2 heterocycles. The molecule has 0 aliphatic carbocycles. The Morgan fingerprint density at radius 3 is 3.29 bits per heavy atom. The van der Waals surface area contributed by atoms with E-state index in [1.807, 2.05) is 6.07 Å². The first-order valence-electron chi connectivity index (χ1n) is 4.59. The van der Waals surface area contributed by atoms with E-state index in [0.29, 0.717) is 17.7 Å². The number of hydrogen-bond donors (Lipinski definition) is 2. The zero-order valence-corrected chi connectivity index (χ0v) is 7.70. The highest BCUT2D eigenvalue weighted by Crippen LogP contribution is 2.06. The molecule has 1 atom stereocenters. The Morgan fingerprint density at radius 2 is 2.57 bits per heavy atom. The highest BCUT2D eigenvalue weighted by Gasteiger charge is 2.14. The molecule has 0 amide bonds. The first kappa shape index (κ1) is 8.91. The molecule has 5 heteroatoms. The van der Waals surface area contributed by atoms with Crippen LogP contribution in [0, 0.1) is 11.3 Å². The molecular weight excluding hydrogens is 178 g/mol. The fourth-order valence-corrected chi connectivity index (χ4v) is 1.45. The van der Waals surface area contributed by atoms with Gasteiger partial charge in [-0.3, -0.25) is 0 Å². The van der Waals surface area contributed by atoms with Gasteiger partial charge in [0.05, 0.1) is 0 Å². The molecule has 0 saturated carbocycles. The summed E-state index contributed by atoms with van der Waals surface area (Å²) in [5, 5.41) is 15.1. The predicted molar refractivity (Wildman–Crippen MR) is 51.6 cm³/mol. The zero-order chi connectivity index (χ0) is 9.80. The number of rotatable bonds is 2. The van der Waals surface area contributed by atoms with Crippen molar-refractivity contribution in [3.63, 3.8) is 0 Å². The van der Waals surface area contributed by atoms with E-state index in [2.05, 4.69) is 20.6 Å². The van der Waals surface area contributed by atoms with Crippen LogP contribution in [-0.2, 0) is 0 Å². The summed E-state index contributed by atoms with van der Waals surface area (Å²) >= 11 is 0. The van der Waals surface area contributed by atoms with Gasteiger partial charge in [0.15, 0.2) is 0 Å². The molecular formula is C9H11N5. The summed E-state index contributed by atoms with van der Waals surface area (Å²) in [6.45, 7) is 1.95. The lowest BCUT2D eigenvalue weighted by atomic mass is 10.3. The first-order valence-corrected chi connectivity index (χ1v) is 4.59. The van der Waals surface area contributed by atoms with Crippen LogP contribution in [-0.4, -0.2) is 29.1 Å². The van der Waals surface area contributed by atoms with Crippen LogP contribution < -0.4 is 10.6 Å². The van der Waals surface area contributed by atoms with E-state index in [4.69, 9.17) is 5.26 Å². The lowest BCUT2D eigenvalue weighted by molar-refractivity contribution is 0.780. The van der Waals surface area contributed by atoms with Gasteiger partial charge in [0, 0.05) is 18.8 Å².